The molecule has 1 aromatic rings. The molecule has 1 fully saturated rings. The summed E-state index contributed by atoms with van der Waals surface area (Å²) in [4.78, 5) is 11.4. The minimum Gasteiger partial charge on any atom is -0.341 e. The van der Waals surface area contributed by atoms with Crippen molar-refractivity contribution in [3.8, 4) is 0 Å². The molecule has 0 saturated heterocycles. The molecule has 0 aliphatic heterocycles. The number of rotatable bonds is 8. The molecule has 1 aliphatic rings. The summed E-state index contributed by atoms with van der Waals surface area (Å²) in [6.07, 6.45) is 7.79. The summed E-state index contributed by atoms with van der Waals surface area (Å²) in [7, 11) is 0. The van der Waals surface area contributed by atoms with Crippen molar-refractivity contribution in [1.29, 1.82) is 0 Å². The average Bonchev–Trinajstić information content (AvgIpc) is 3.20. The number of nitrogens with zero attached hydrogens (tertiary/aromatic N) is 3. The molecule has 4 heteroatoms. The molecule has 1 saturated carbocycles. The van der Waals surface area contributed by atoms with Crippen LogP contribution < -0.4 is 10.2 Å². The molecule has 1 aliphatic carbocycles. The molecular weight excluding hydrogens is 236 g/mol. The molecule has 4 nitrogen and oxygen atoms in total. The number of nitrogens with one attached hydrogen (secondary N) is 1. The van der Waals surface area contributed by atoms with E-state index in [-0.39, 0.29) is 0 Å². The van der Waals surface area contributed by atoms with Crippen LogP contribution in [0.25, 0.3) is 0 Å². The summed E-state index contributed by atoms with van der Waals surface area (Å²) < 4.78 is 0. The lowest BCUT2D eigenvalue weighted by Gasteiger charge is -2.21. The second-order valence-corrected chi connectivity index (χ2v) is 5.82. The Balaban J connectivity index is 1.93. The van der Waals surface area contributed by atoms with E-state index in [0.717, 1.165) is 43.5 Å². The summed E-state index contributed by atoms with van der Waals surface area (Å²) in [5.41, 5.74) is 1.15. The first-order valence-electron chi connectivity index (χ1n) is 7.48. The molecule has 0 bridgehead atoms. The maximum atomic E-state index is 4.53. The van der Waals surface area contributed by atoms with E-state index in [1.807, 2.05) is 12.4 Å². The van der Waals surface area contributed by atoms with Gasteiger partial charge in [-0.25, -0.2) is 9.97 Å². The van der Waals surface area contributed by atoms with Gasteiger partial charge in [0.2, 0.25) is 5.95 Å². The number of anilines is 1. The Labute approximate surface area is 116 Å². The van der Waals surface area contributed by atoms with Crippen molar-refractivity contribution in [2.75, 3.05) is 18.0 Å². The van der Waals surface area contributed by atoms with Gasteiger partial charge in [-0.15, -0.1) is 0 Å². The van der Waals surface area contributed by atoms with Gasteiger partial charge in [-0.3, -0.25) is 0 Å². The highest BCUT2D eigenvalue weighted by molar-refractivity contribution is 5.30. The van der Waals surface area contributed by atoms with Crippen LogP contribution in [0.3, 0.4) is 0 Å². The third-order valence-electron chi connectivity index (χ3n) is 3.36. The fourth-order valence-electron chi connectivity index (χ4n) is 2.08. The smallest absolute Gasteiger partial charge is 0.225 e. The van der Waals surface area contributed by atoms with Crippen LogP contribution in [0.2, 0.25) is 0 Å². The number of aromatic nitrogens is 2. The molecule has 0 atom stereocenters. The van der Waals surface area contributed by atoms with Gasteiger partial charge < -0.3 is 10.2 Å². The third kappa shape index (κ3) is 4.78. The molecule has 0 amide bonds. The van der Waals surface area contributed by atoms with Gasteiger partial charge in [0.1, 0.15) is 0 Å². The fraction of sp³-hybridized carbons (Fsp3) is 0.733. The lowest BCUT2D eigenvalue weighted by molar-refractivity contribution is 0.586. The zero-order valence-corrected chi connectivity index (χ0v) is 12.4. The van der Waals surface area contributed by atoms with Crippen LogP contribution in [0, 0.1) is 5.92 Å². The minimum atomic E-state index is 0.492. The van der Waals surface area contributed by atoms with E-state index in [2.05, 4.69) is 41.0 Å². The van der Waals surface area contributed by atoms with Gasteiger partial charge in [0, 0.05) is 43.6 Å². The first-order valence-corrected chi connectivity index (χ1v) is 7.48. The molecule has 0 aromatic carbocycles. The second kappa shape index (κ2) is 6.85. The molecular formula is C15H26N4. The third-order valence-corrected chi connectivity index (χ3v) is 3.36. The van der Waals surface area contributed by atoms with E-state index in [9.17, 15) is 0 Å². The van der Waals surface area contributed by atoms with Crippen LogP contribution in [0.5, 0.6) is 0 Å². The first kappa shape index (κ1) is 14.3. The molecule has 0 unspecified atom stereocenters. The van der Waals surface area contributed by atoms with E-state index < -0.39 is 0 Å². The average molecular weight is 262 g/mol. The van der Waals surface area contributed by atoms with Crippen molar-refractivity contribution < 1.29 is 0 Å². The Morgan fingerprint density at radius 2 is 2.00 bits per heavy atom. The molecule has 0 radical (unpaired) electrons. The van der Waals surface area contributed by atoms with Crippen LogP contribution in [-0.2, 0) is 6.54 Å². The summed E-state index contributed by atoms with van der Waals surface area (Å²) in [5.74, 6) is 1.76. The van der Waals surface area contributed by atoms with Crippen molar-refractivity contribution in [1.82, 2.24) is 15.3 Å². The van der Waals surface area contributed by atoms with Gasteiger partial charge in [-0.2, -0.15) is 0 Å². The molecule has 19 heavy (non-hydrogen) atoms. The van der Waals surface area contributed by atoms with Gasteiger partial charge >= 0.3 is 0 Å². The standard InChI is InChI=1S/C15H26N4/c1-4-7-19(11-13-5-6-13)15-17-9-14(10-18-15)8-16-12(2)3/h9-10,12-13,16H,4-8,11H2,1-3H3. The highest BCUT2D eigenvalue weighted by atomic mass is 15.2. The summed E-state index contributed by atoms with van der Waals surface area (Å²) in [6, 6.07) is 0.492. The Morgan fingerprint density at radius 3 is 2.53 bits per heavy atom. The van der Waals surface area contributed by atoms with E-state index in [4.69, 9.17) is 0 Å². The first-order chi connectivity index (χ1) is 9.19. The lowest BCUT2D eigenvalue weighted by Crippen LogP contribution is -2.28. The highest BCUT2D eigenvalue weighted by Crippen LogP contribution is 2.30. The van der Waals surface area contributed by atoms with Crippen LogP contribution >= 0.6 is 0 Å². The van der Waals surface area contributed by atoms with Crippen molar-refractivity contribution in [2.45, 2.75) is 52.6 Å². The second-order valence-electron chi connectivity index (χ2n) is 5.82. The maximum absolute atomic E-state index is 4.53. The summed E-state index contributed by atoms with van der Waals surface area (Å²) >= 11 is 0. The molecule has 106 valence electrons. The van der Waals surface area contributed by atoms with Crippen LogP contribution in [-0.4, -0.2) is 29.1 Å². The maximum Gasteiger partial charge on any atom is 0.225 e. The highest BCUT2D eigenvalue weighted by Gasteiger charge is 2.25. The lowest BCUT2D eigenvalue weighted by atomic mass is 10.3. The van der Waals surface area contributed by atoms with Gasteiger partial charge in [-0.05, 0) is 25.2 Å². The zero-order chi connectivity index (χ0) is 13.7. The molecule has 0 spiro atoms. The van der Waals surface area contributed by atoms with Crippen molar-refractivity contribution in [3.05, 3.63) is 18.0 Å². The molecule has 1 aromatic heterocycles. The van der Waals surface area contributed by atoms with Crippen LogP contribution in [0.1, 0.15) is 45.6 Å². The van der Waals surface area contributed by atoms with E-state index in [0.29, 0.717) is 6.04 Å². The molecule has 1 N–H and O–H groups in total. The van der Waals surface area contributed by atoms with Gasteiger partial charge in [-0.1, -0.05) is 20.8 Å². The summed E-state index contributed by atoms with van der Waals surface area (Å²) in [6.45, 7) is 9.52. The molecule has 2 rings (SSSR count). The quantitative estimate of drug-likeness (QED) is 0.782. The SMILES string of the molecule is CCCN(CC1CC1)c1ncc(CNC(C)C)cn1. The van der Waals surface area contributed by atoms with E-state index in [1.54, 1.807) is 0 Å². The zero-order valence-electron chi connectivity index (χ0n) is 12.4. The predicted molar refractivity (Wildman–Crippen MR) is 79.2 cm³/mol. The normalized spacial score (nSPS) is 14.9. The Kier molecular flexibility index (Phi) is 5.14. The van der Waals surface area contributed by atoms with E-state index in [1.165, 1.54) is 12.8 Å². The van der Waals surface area contributed by atoms with Crippen LogP contribution in [0.4, 0.5) is 5.95 Å². The summed E-state index contributed by atoms with van der Waals surface area (Å²) in [5, 5.41) is 3.38. The Hall–Kier alpha value is -1.16. The van der Waals surface area contributed by atoms with Gasteiger partial charge in [0.05, 0.1) is 0 Å². The van der Waals surface area contributed by atoms with Crippen LogP contribution in [0.15, 0.2) is 12.4 Å². The fourth-order valence-corrected chi connectivity index (χ4v) is 2.08. The minimum absolute atomic E-state index is 0.492. The van der Waals surface area contributed by atoms with Gasteiger partial charge in [0.15, 0.2) is 0 Å². The molecule has 1 heterocycles. The van der Waals surface area contributed by atoms with Gasteiger partial charge in [0.25, 0.3) is 0 Å². The van der Waals surface area contributed by atoms with Crippen molar-refractivity contribution >= 4 is 5.95 Å². The Morgan fingerprint density at radius 1 is 1.32 bits per heavy atom. The van der Waals surface area contributed by atoms with Crippen molar-refractivity contribution in [2.24, 2.45) is 5.92 Å². The number of hydrogen-bond donors (Lipinski definition) is 1. The monoisotopic (exact) mass is 262 g/mol. The predicted octanol–water partition coefficient (Wildman–Crippen LogP) is 2.60. The van der Waals surface area contributed by atoms with E-state index >= 15 is 0 Å². The number of hydrogen-bond acceptors (Lipinski definition) is 4. The topological polar surface area (TPSA) is 41.1 Å². The Bertz CT molecular complexity index is 370. The largest absolute Gasteiger partial charge is 0.341 e. The van der Waals surface area contributed by atoms with Crippen molar-refractivity contribution in [3.63, 3.8) is 0 Å².